The Balaban J connectivity index is 1.93. The van der Waals surface area contributed by atoms with Crippen LogP contribution in [0, 0.1) is 23.7 Å². The normalized spacial score (nSPS) is 37.1. The Hall–Kier alpha value is -0.0800. The third-order valence-electron chi connectivity index (χ3n) is 5.00. The minimum Gasteiger partial charge on any atom is -0.271 e. The Morgan fingerprint density at radius 3 is 2.31 bits per heavy atom. The van der Waals surface area contributed by atoms with Crippen molar-refractivity contribution in [2.24, 2.45) is 29.5 Å². The van der Waals surface area contributed by atoms with E-state index in [2.05, 4.69) is 19.3 Å². The van der Waals surface area contributed by atoms with Crippen LogP contribution in [0.4, 0.5) is 0 Å². The zero-order valence-corrected chi connectivity index (χ0v) is 10.9. The van der Waals surface area contributed by atoms with Crippen LogP contribution in [0.25, 0.3) is 0 Å². The first-order chi connectivity index (χ1) is 7.72. The highest BCUT2D eigenvalue weighted by Gasteiger charge is 2.35. The summed E-state index contributed by atoms with van der Waals surface area (Å²) in [7, 11) is 0. The van der Waals surface area contributed by atoms with Crippen LogP contribution in [0.5, 0.6) is 0 Å². The lowest BCUT2D eigenvalue weighted by Gasteiger charge is -2.42. The van der Waals surface area contributed by atoms with Gasteiger partial charge in [0.15, 0.2) is 0 Å². The van der Waals surface area contributed by atoms with Crippen molar-refractivity contribution in [1.82, 2.24) is 5.43 Å². The summed E-state index contributed by atoms with van der Waals surface area (Å²) in [6, 6.07) is 0.530. The molecule has 0 aromatic carbocycles. The first-order valence-corrected chi connectivity index (χ1v) is 7.18. The number of hydrazine groups is 1. The molecular formula is C14H28N2. The fourth-order valence-corrected chi connectivity index (χ4v) is 4.11. The second-order valence-electron chi connectivity index (χ2n) is 6.31. The summed E-state index contributed by atoms with van der Waals surface area (Å²) in [6.45, 7) is 4.58. The lowest BCUT2D eigenvalue weighted by Crippen LogP contribution is -2.47. The molecule has 2 saturated carbocycles. The van der Waals surface area contributed by atoms with Crippen LogP contribution in [0.1, 0.15) is 58.8 Å². The van der Waals surface area contributed by atoms with Crippen molar-refractivity contribution in [1.29, 1.82) is 0 Å². The van der Waals surface area contributed by atoms with Crippen LogP contribution in [-0.4, -0.2) is 6.04 Å². The van der Waals surface area contributed by atoms with Crippen LogP contribution in [-0.2, 0) is 0 Å². The molecule has 0 aromatic rings. The molecule has 2 aliphatic carbocycles. The second-order valence-corrected chi connectivity index (χ2v) is 6.31. The molecule has 2 aliphatic rings. The van der Waals surface area contributed by atoms with Crippen molar-refractivity contribution < 1.29 is 0 Å². The van der Waals surface area contributed by atoms with Crippen molar-refractivity contribution in [3.8, 4) is 0 Å². The number of nitrogens with two attached hydrogens (primary N) is 1. The van der Waals surface area contributed by atoms with E-state index in [4.69, 9.17) is 5.84 Å². The summed E-state index contributed by atoms with van der Waals surface area (Å²) in [5.74, 6) is 9.28. The lowest BCUT2D eigenvalue weighted by molar-refractivity contribution is 0.0977. The van der Waals surface area contributed by atoms with Crippen LogP contribution in [0.3, 0.4) is 0 Å². The van der Waals surface area contributed by atoms with Crippen LogP contribution < -0.4 is 11.3 Å². The van der Waals surface area contributed by atoms with E-state index in [9.17, 15) is 0 Å². The van der Waals surface area contributed by atoms with Gasteiger partial charge in [-0.25, -0.2) is 0 Å². The quantitative estimate of drug-likeness (QED) is 0.571. The molecule has 0 spiro atoms. The number of hydrogen-bond acceptors (Lipinski definition) is 2. The van der Waals surface area contributed by atoms with Crippen molar-refractivity contribution >= 4 is 0 Å². The Labute approximate surface area is 100 Å². The van der Waals surface area contributed by atoms with Gasteiger partial charge in [-0.2, -0.15) is 0 Å². The molecule has 4 atom stereocenters. The Morgan fingerprint density at radius 2 is 1.69 bits per heavy atom. The van der Waals surface area contributed by atoms with E-state index in [1.165, 1.54) is 44.9 Å². The molecular weight excluding hydrogens is 196 g/mol. The first kappa shape index (κ1) is 12.4. The zero-order chi connectivity index (χ0) is 11.5. The van der Waals surface area contributed by atoms with Gasteiger partial charge in [-0.05, 0) is 42.9 Å². The molecule has 2 rings (SSSR count). The number of rotatable bonds is 3. The highest BCUT2D eigenvalue weighted by atomic mass is 15.2. The smallest absolute Gasteiger partial charge is 0.0261 e. The highest BCUT2D eigenvalue weighted by molar-refractivity contribution is 4.88. The van der Waals surface area contributed by atoms with E-state index >= 15 is 0 Å². The van der Waals surface area contributed by atoms with Crippen molar-refractivity contribution in [2.75, 3.05) is 0 Å². The first-order valence-electron chi connectivity index (χ1n) is 7.18. The van der Waals surface area contributed by atoms with Gasteiger partial charge in [-0.3, -0.25) is 11.3 Å². The van der Waals surface area contributed by atoms with Gasteiger partial charge in [0.1, 0.15) is 0 Å². The zero-order valence-electron chi connectivity index (χ0n) is 10.9. The van der Waals surface area contributed by atoms with Gasteiger partial charge < -0.3 is 0 Å². The topological polar surface area (TPSA) is 38.0 Å². The van der Waals surface area contributed by atoms with Gasteiger partial charge in [-0.15, -0.1) is 0 Å². The van der Waals surface area contributed by atoms with Crippen LogP contribution in [0.15, 0.2) is 0 Å². The lowest BCUT2D eigenvalue weighted by atomic mass is 9.65. The number of fused-ring (bicyclic) bond motifs is 1. The van der Waals surface area contributed by atoms with Crippen molar-refractivity contribution in [3.05, 3.63) is 0 Å². The Bertz CT molecular complexity index is 215. The summed E-state index contributed by atoms with van der Waals surface area (Å²) in [4.78, 5) is 0. The molecule has 0 aliphatic heterocycles. The molecule has 3 N–H and O–H groups in total. The summed E-state index contributed by atoms with van der Waals surface area (Å²) < 4.78 is 0. The monoisotopic (exact) mass is 224 g/mol. The highest BCUT2D eigenvalue weighted by Crippen LogP contribution is 2.44. The predicted octanol–water partition coefficient (Wildman–Crippen LogP) is 3.08. The maximum atomic E-state index is 5.72. The molecule has 94 valence electrons. The average molecular weight is 224 g/mol. The van der Waals surface area contributed by atoms with Gasteiger partial charge in [-0.1, -0.05) is 39.5 Å². The van der Waals surface area contributed by atoms with E-state index in [0.29, 0.717) is 12.0 Å². The molecule has 0 radical (unpaired) electrons. The third kappa shape index (κ3) is 2.60. The third-order valence-corrected chi connectivity index (χ3v) is 5.00. The van der Waals surface area contributed by atoms with Crippen molar-refractivity contribution in [3.63, 3.8) is 0 Å². The van der Waals surface area contributed by atoms with E-state index < -0.39 is 0 Å². The maximum absolute atomic E-state index is 5.72. The molecule has 0 aromatic heterocycles. The maximum Gasteiger partial charge on any atom is 0.0261 e. The van der Waals surface area contributed by atoms with E-state index in [1.54, 1.807) is 0 Å². The molecule has 0 amide bonds. The largest absolute Gasteiger partial charge is 0.271 e. The van der Waals surface area contributed by atoms with E-state index in [0.717, 1.165) is 17.8 Å². The Kier molecular flexibility index (Phi) is 4.26. The molecule has 4 unspecified atom stereocenters. The molecule has 0 bridgehead atoms. The summed E-state index contributed by atoms with van der Waals surface area (Å²) in [5.41, 5.74) is 3.07. The standard InChI is InChI=1S/C14H28N2/c1-10(2)14(16-15)13-8-7-11-5-3-4-6-12(11)9-13/h10-14,16H,3-9,15H2,1-2H3. The SMILES string of the molecule is CC(C)C(NN)C1CCC2CCCCC2C1. The molecule has 2 heteroatoms. The van der Waals surface area contributed by atoms with Gasteiger partial charge >= 0.3 is 0 Å². The minimum absolute atomic E-state index is 0.530. The van der Waals surface area contributed by atoms with Gasteiger partial charge in [0, 0.05) is 6.04 Å². The van der Waals surface area contributed by atoms with Crippen LogP contribution in [0.2, 0.25) is 0 Å². The second kappa shape index (κ2) is 5.50. The van der Waals surface area contributed by atoms with E-state index in [-0.39, 0.29) is 0 Å². The fraction of sp³-hybridized carbons (Fsp3) is 1.00. The molecule has 0 heterocycles. The van der Waals surface area contributed by atoms with Gasteiger partial charge in [0.05, 0.1) is 0 Å². The molecule has 2 fully saturated rings. The predicted molar refractivity (Wildman–Crippen MR) is 68.7 cm³/mol. The van der Waals surface area contributed by atoms with Crippen LogP contribution >= 0.6 is 0 Å². The molecule has 0 saturated heterocycles. The summed E-state index contributed by atoms with van der Waals surface area (Å²) in [6.07, 6.45) is 10.2. The van der Waals surface area contributed by atoms with Crippen molar-refractivity contribution in [2.45, 2.75) is 64.8 Å². The fourth-order valence-electron chi connectivity index (χ4n) is 4.11. The van der Waals surface area contributed by atoms with Gasteiger partial charge in [0.25, 0.3) is 0 Å². The Morgan fingerprint density at radius 1 is 1.00 bits per heavy atom. The minimum atomic E-state index is 0.530. The number of nitrogens with one attached hydrogen (secondary N) is 1. The average Bonchev–Trinajstić information content (AvgIpc) is 2.29. The van der Waals surface area contributed by atoms with Gasteiger partial charge in [0.2, 0.25) is 0 Å². The van der Waals surface area contributed by atoms with E-state index in [1.807, 2.05) is 0 Å². The summed E-state index contributed by atoms with van der Waals surface area (Å²) >= 11 is 0. The molecule has 2 nitrogen and oxygen atoms in total. The summed E-state index contributed by atoms with van der Waals surface area (Å²) in [5, 5.41) is 0. The molecule has 16 heavy (non-hydrogen) atoms. The number of hydrogen-bond donors (Lipinski definition) is 2.